The molecule has 1 unspecified atom stereocenters. The molecule has 1 atom stereocenters. The third kappa shape index (κ3) is 5.86. The van der Waals surface area contributed by atoms with Gasteiger partial charge in [-0.15, -0.1) is 0 Å². The SMILES string of the molecule is CCC(CCNCc1ccccc1)[Si](OC)(OC)OC.N. The Labute approximate surface area is 129 Å². The van der Waals surface area contributed by atoms with Crippen LogP contribution in [-0.2, 0) is 19.8 Å². The van der Waals surface area contributed by atoms with Crippen molar-refractivity contribution in [2.24, 2.45) is 0 Å². The van der Waals surface area contributed by atoms with E-state index in [9.17, 15) is 0 Å². The number of rotatable bonds is 10. The summed E-state index contributed by atoms with van der Waals surface area (Å²) in [5.41, 5.74) is 1.63. The zero-order chi connectivity index (χ0) is 14.8. The quantitative estimate of drug-likeness (QED) is 0.513. The Balaban J connectivity index is 0.00000400. The third-order valence-corrected chi connectivity index (χ3v) is 7.09. The Hall–Kier alpha value is -0.763. The molecule has 1 aromatic carbocycles. The van der Waals surface area contributed by atoms with Gasteiger partial charge in [-0.2, -0.15) is 0 Å². The second-order valence-electron chi connectivity index (χ2n) is 4.77. The van der Waals surface area contributed by atoms with Crippen LogP contribution in [0, 0.1) is 0 Å². The first kappa shape index (κ1) is 20.2. The van der Waals surface area contributed by atoms with Gasteiger partial charge in [0.25, 0.3) is 0 Å². The lowest BCUT2D eigenvalue weighted by molar-refractivity contribution is 0.109. The molecule has 21 heavy (non-hydrogen) atoms. The Bertz CT molecular complexity index is 353. The minimum absolute atomic E-state index is 0. The highest BCUT2D eigenvalue weighted by atomic mass is 28.4. The molecule has 0 aliphatic rings. The Morgan fingerprint density at radius 2 is 1.62 bits per heavy atom. The minimum atomic E-state index is -2.52. The van der Waals surface area contributed by atoms with Crippen LogP contribution in [0.1, 0.15) is 25.3 Å². The maximum Gasteiger partial charge on any atom is 0.503 e. The molecule has 0 fully saturated rings. The summed E-state index contributed by atoms with van der Waals surface area (Å²) in [4.78, 5) is 0. The van der Waals surface area contributed by atoms with E-state index in [0.29, 0.717) is 5.54 Å². The molecule has 122 valence electrons. The Kier molecular flexibility index (Phi) is 10.5. The topological polar surface area (TPSA) is 74.7 Å². The third-order valence-electron chi connectivity index (χ3n) is 3.69. The Morgan fingerprint density at radius 3 is 2.10 bits per heavy atom. The number of nitrogens with one attached hydrogen (secondary N) is 1. The summed E-state index contributed by atoms with van der Waals surface area (Å²) < 4.78 is 16.7. The monoisotopic (exact) mass is 314 g/mol. The molecule has 0 bridgehead atoms. The van der Waals surface area contributed by atoms with E-state index < -0.39 is 8.80 Å². The van der Waals surface area contributed by atoms with Crippen LogP contribution in [0.5, 0.6) is 0 Å². The van der Waals surface area contributed by atoms with E-state index in [4.69, 9.17) is 13.3 Å². The molecule has 0 heterocycles. The van der Waals surface area contributed by atoms with Gasteiger partial charge in [0.05, 0.1) is 0 Å². The Morgan fingerprint density at radius 1 is 1.05 bits per heavy atom. The highest BCUT2D eigenvalue weighted by molar-refractivity contribution is 6.62. The van der Waals surface area contributed by atoms with Crippen molar-refractivity contribution in [2.45, 2.75) is 31.9 Å². The van der Waals surface area contributed by atoms with Crippen molar-refractivity contribution in [3.63, 3.8) is 0 Å². The van der Waals surface area contributed by atoms with Gasteiger partial charge in [-0.1, -0.05) is 37.3 Å². The van der Waals surface area contributed by atoms with Gasteiger partial charge in [0.1, 0.15) is 0 Å². The summed E-state index contributed by atoms with van der Waals surface area (Å²) in [5.74, 6) is 0. The summed E-state index contributed by atoms with van der Waals surface area (Å²) in [5, 5.41) is 3.47. The average molecular weight is 315 g/mol. The fraction of sp³-hybridized carbons (Fsp3) is 0.600. The molecule has 0 aliphatic carbocycles. The molecule has 0 spiro atoms. The maximum absolute atomic E-state index is 5.57. The first-order chi connectivity index (χ1) is 9.72. The van der Waals surface area contributed by atoms with Gasteiger partial charge in [-0.3, -0.25) is 0 Å². The van der Waals surface area contributed by atoms with E-state index in [1.54, 1.807) is 21.3 Å². The highest BCUT2D eigenvalue weighted by Crippen LogP contribution is 2.30. The zero-order valence-corrected chi connectivity index (χ0v) is 14.7. The van der Waals surface area contributed by atoms with E-state index >= 15 is 0 Å². The fourth-order valence-electron chi connectivity index (χ4n) is 2.49. The molecular formula is C15H30N2O3Si. The molecule has 0 radical (unpaired) electrons. The minimum Gasteiger partial charge on any atom is -0.377 e. The summed E-state index contributed by atoms with van der Waals surface area (Å²) in [7, 11) is 2.52. The van der Waals surface area contributed by atoms with E-state index in [1.165, 1.54) is 5.56 Å². The van der Waals surface area contributed by atoms with Gasteiger partial charge in [-0.25, -0.2) is 0 Å². The van der Waals surface area contributed by atoms with E-state index in [1.807, 2.05) is 6.07 Å². The molecule has 0 aromatic heterocycles. The predicted molar refractivity (Wildman–Crippen MR) is 88.6 cm³/mol. The number of hydrogen-bond donors (Lipinski definition) is 2. The predicted octanol–water partition coefficient (Wildman–Crippen LogP) is 2.99. The first-order valence-electron chi connectivity index (χ1n) is 7.12. The fourth-order valence-corrected chi connectivity index (χ4v) is 4.98. The van der Waals surface area contributed by atoms with Crippen LogP contribution in [0.4, 0.5) is 0 Å². The van der Waals surface area contributed by atoms with Crippen molar-refractivity contribution < 1.29 is 13.3 Å². The molecule has 0 aliphatic heterocycles. The summed E-state index contributed by atoms with van der Waals surface area (Å²) in [6, 6.07) is 10.4. The normalized spacial score (nSPS) is 12.8. The molecule has 6 heteroatoms. The van der Waals surface area contributed by atoms with Crippen LogP contribution in [0.25, 0.3) is 0 Å². The van der Waals surface area contributed by atoms with Gasteiger partial charge in [-0.05, 0) is 24.9 Å². The van der Waals surface area contributed by atoms with Crippen LogP contribution < -0.4 is 11.5 Å². The second kappa shape index (κ2) is 10.9. The van der Waals surface area contributed by atoms with Gasteiger partial charge in [0, 0.05) is 33.4 Å². The largest absolute Gasteiger partial charge is 0.503 e. The number of benzene rings is 1. The first-order valence-corrected chi connectivity index (χ1v) is 8.92. The van der Waals surface area contributed by atoms with Gasteiger partial charge in [0.2, 0.25) is 0 Å². The van der Waals surface area contributed by atoms with E-state index in [0.717, 1.165) is 25.9 Å². The molecule has 4 N–H and O–H groups in total. The molecular weight excluding hydrogens is 284 g/mol. The molecule has 5 nitrogen and oxygen atoms in total. The summed E-state index contributed by atoms with van der Waals surface area (Å²) >= 11 is 0. The van der Waals surface area contributed by atoms with Crippen LogP contribution in [0.3, 0.4) is 0 Å². The van der Waals surface area contributed by atoms with Gasteiger partial charge in [0.15, 0.2) is 0 Å². The van der Waals surface area contributed by atoms with Crippen LogP contribution in [0.15, 0.2) is 30.3 Å². The van der Waals surface area contributed by atoms with Crippen molar-refractivity contribution in [3.8, 4) is 0 Å². The molecule has 0 saturated carbocycles. The van der Waals surface area contributed by atoms with E-state index in [-0.39, 0.29) is 6.15 Å². The second-order valence-corrected chi connectivity index (χ2v) is 8.02. The van der Waals surface area contributed by atoms with Crippen molar-refractivity contribution in [3.05, 3.63) is 35.9 Å². The smallest absolute Gasteiger partial charge is 0.377 e. The van der Waals surface area contributed by atoms with Gasteiger partial charge >= 0.3 is 8.80 Å². The van der Waals surface area contributed by atoms with Crippen molar-refractivity contribution in [1.82, 2.24) is 11.5 Å². The molecule has 0 saturated heterocycles. The van der Waals surface area contributed by atoms with Crippen LogP contribution in [-0.4, -0.2) is 36.7 Å². The van der Waals surface area contributed by atoms with E-state index in [2.05, 4.69) is 36.5 Å². The molecule has 0 amide bonds. The summed E-state index contributed by atoms with van der Waals surface area (Å²) in [6.07, 6.45) is 1.99. The van der Waals surface area contributed by atoms with Gasteiger partial charge < -0.3 is 24.7 Å². The van der Waals surface area contributed by atoms with Crippen LogP contribution in [0.2, 0.25) is 5.54 Å². The van der Waals surface area contributed by atoms with Crippen molar-refractivity contribution in [2.75, 3.05) is 27.9 Å². The van der Waals surface area contributed by atoms with Crippen molar-refractivity contribution >= 4 is 8.80 Å². The number of hydrogen-bond acceptors (Lipinski definition) is 5. The highest BCUT2D eigenvalue weighted by Gasteiger charge is 2.45. The lowest BCUT2D eigenvalue weighted by Gasteiger charge is -2.31. The molecule has 1 rings (SSSR count). The average Bonchev–Trinajstić information content (AvgIpc) is 2.52. The lowest BCUT2D eigenvalue weighted by Crippen LogP contribution is -2.48. The zero-order valence-electron chi connectivity index (χ0n) is 13.7. The van der Waals surface area contributed by atoms with Crippen molar-refractivity contribution in [1.29, 1.82) is 0 Å². The molecule has 1 aromatic rings. The maximum atomic E-state index is 5.57. The summed E-state index contributed by atoms with van der Waals surface area (Å²) in [6.45, 7) is 3.97. The standard InChI is InChI=1S/C15H27NO3Si.H3N/c1-5-15(20(17-2,18-3)19-4)11-12-16-13-14-9-7-6-8-10-14;/h6-10,15-16H,5,11-13H2,1-4H3;1H3. The lowest BCUT2D eigenvalue weighted by atomic mass is 10.2. The van der Waals surface area contributed by atoms with Crippen LogP contribution >= 0.6 is 0 Å².